The van der Waals surface area contributed by atoms with Gasteiger partial charge in [0.25, 0.3) is 0 Å². The van der Waals surface area contributed by atoms with Crippen LogP contribution in [0.3, 0.4) is 0 Å². The fraction of sp³-hybridized carbons (Fsp3) is 0.857. The summed E-state index contributed by atoms with van der Waals surface area (Å²) in [7, 11) is 0. The summed E-state index contributed by atoms with van der Waals surface area (Å²) in [5, 5.41) is 16.2. The number of carbonyl (C=O) groups is 3. The highest BCUT2D eigenvalue weighted by Gasteiger charge is 2.29. The lowest BCUT2D eigenvalue weighted by Gasteiger charge is -2.36. The van der Waals surface area contributed by atoms with E-state index in [0.717, 1.165) is 19.6 Å². The summed E-state index contributed by atoms with van der Waals surface area (Å²) in [5.74, 6) is -0.207. The molecule has 0 saturated carbocycles. The number of ketones is 1. The van der Waals surface area contributed by atoms with Gasteiger partial charge in [-0.15, -0.1) is 0 Å². The topological polar surface area (TPSA) is 137 Å². The lowest BCUT2D eigenvalue weighted by atomic mass is 9.95. The quantitative estimate of drug-likeness (QED) is 0.298. The average Bonchev–Trinajstić information content (AvgIpc) is 2.71. The van der Waals surface area contributed by atoms with E-state index >= 15 is 0 Å². The molecule has 9 heteroatoms. The van der Waals surface area contributed by atoms with E-state index in [9.17, 15) is 14.4 Å². The second kappa shape index (κ2) is 16.2. The molecular formula is C21H43N5O4. The molecule has 6 N–H and O–H groups in total. The van der Waals surface area contributed by atoms with Crippen molar-refractivity contribution in [3.05, 3.63) is 0 Å². The predicted molar refractivity (Wildman–Crippen MR) is 119 cm³/mol. The first-order valence-corrected chi connectivity index (χ1v) is 11.1. The van der Waals surface area contributed by atoms with Crippen molar-refractivity contribution in [1.29, 1.82) is 0 Å². The van der Waals surface area contributed by atoms with Crippen LogP contribution in [-0.4, -0.2) is 85.6 Å². The molecule has 1 saturated heterocycles. The maximum atomic E-state index is 12.5. The molecule has 1 aliphatic heterocycles. The fourth-order valence-corrected chi connectivity index (χ4v) is 3.22. The van der Waals surface area contributed by atoms with E-state index < -0.39 is 6.04 Å². The highest BCUT2D eigenvalue weighted by Crippen LogP contribution is 2.09. The number of nitrogens with one attached hydrogen (secondary N) is 3. The maximum absolute atomic E-state index is 12.5. The minimum Gasteiger partial charge on any atom is -0.397 e. The molecule has 2 amide bonds. The summed E-state index contributed by atoms with van der Waals surface area (Å²) >= 11 is 0. The van der Waals surface area contributed by atoms with Gasteiger partial charge in [-0.05, 0) is 32.2 Å². The van der Waals surface area contributed by atoms with E-state index in [1.807, 2.05) is 13.8 Å². The summed E-state index contributed by atoms with van der Waals surface area (Å²) in [4.78, 5) is 39.3. The number of rotatable bonds is 11. The second-order valence-electron chi connectivity index (χ2n) is 8.05. The number of aliphatic hydroxyl groups is 1. The number of nitrogens with zero attached hydrogens (tertiary/aromatic N) is 1. The van der Waals surface area contributed by atoms with Gasteiger partial charge in [-0.2, -0.15) is 0 Å². The van der Waals surface area contributed by atoms with Crippen LogP contribution in [0.4, 0.5) is 0 Å². The Hall–Kier alpha value is -1.55. The molecule has 3 atom stereocenters. The zero-order valence-electron chi connectivity index (χ0n) is 19.4. The SMILES string of the molecule is CCC(C)C(=O)C(CCN)NC(=O)CNC(=O)C1CNCCN1CC(C)C.CCO. The Bertz CT molecular complexity index is 516. The van der Waals surface area contributed by atoms with Gasteiger partial charge in [0.1, 0.15) is 6.04 Å². The molecule has 9 nitrogen and oxygen atoms in total. The van der Waals surface area contributed by atoms with Crippen LogP contribution in [0.2, 0.25) is 0 Å². The van der Waals surface area contributed by atoms with Gasteiger partial charge < -0.3 is 26.8 Å². The summed E-state index contributed by atoms with van der Waals surface area (Å²) in [5.41, 5.74) is 5.57. The van der Waals surface area contributed by atoms with Crippen molar-refractivity contribution >= 4 is 17.6 Å². The number of amides is 2. The first kappa shape index (κ1) is 28.5. The minimum absolute atomic E-state index is 0.0118. The Kier molecular flexibility index (Phi) is 15.3. The summed E-state index contributed by atoms with van der Waals surface area (Å²) in [6.45, 7) is 13.2. The zero-order valence-corrected chi connectivity index (χ0v) is 19.4. The third-order valence-electron chi connectivity index (χ3n) is 4.91. The second-order valence-corrected chi connectivity index (χ2v) is 8.05. The minimum atomic E-state index is -0.594. The number of hydrogen-bond donors (Lipinski definition) is 5. The van der Waals surface area contributed by atoms with Gasteiger partial charge in [-0.1, -0.05) is 27.7 Å². The van der Waals surface area contributed by atoms with Gasteiger partial charge in [0.2, 0.25) is 11.8 Å². The summed E-state index contributed by atoms with van der Waals surface area (Å²) in [6, 6.07) is -0.876. The van der Waals surface area contributed by atoms with Crippen LogP contribution in [-0.2, 0) is 14.4 Å². The number of Topliss-reactive ketones (excluding diaryl/α,β-unsaturated/α-hetero) is 1. The molecule has 0 aromatic carbocycles. The van der Waals surface area contributed by atoms with E-state index in [2.05, 4.69) is 34.7 Å². The van der Waals surface area contributed by atoms with E-state index in [1.54, 1.807) is 6.92 Å². The van der Waals surface area contributed by atoms with Crippen molar-refractivity contribution in [3.63, 3.8) is 0 Å². The number of nitrogens with two attached hydrogens (primary N) is 1. The zero-order chi connectivity index (χ0) is 23.1. The Labute approximate surface area is 181 Å². The summed E-state index contributed by atoms with van der Waals surface area (Å²) < 4.78 is 0. The number of piperazine rings is 1. The van der Waals surface area contributed by atoms with Crippen molar-refractivity contribution in [3.8, 4) is 0 Å². The van der Waals surface area contributed by atoms with Crippen LogP contribution < -0.4 is 21.7 Å². The molecule has 0 radical (unpaired) electrons. The van der Waals surface area contributed by atoms with Crippen molar-refractivity contribution in [2.24, 2.45) is 17.6 Å². The van der Waals surface area contributed by atoms with Crippen molar-refractivity contribution in [2.45, 2.75) is 59.5 Å². The first-order valence-electron chi connectivity index (χ1n) is 11.1. The highest BCUT2D eigenvalue weighted by atomic mass is 16.2. The molecule has 0 aromatic heterocycles. The molecule has 0 spiro atoms. The molecule has 1 rings (SSSR count). The van der Waals surface area contributed by atoms with Crippen LogP contribution in [0, 0.1) is 11.8 Å². The van der Waals surface area contributed by atoms with Crippen molar-refractivity contribution in [1.82, 2.24) is 20.9 Å². The monoisotopic (exact) mass is 429 g/mol. The molecule has 30 heavy (non-hydrogen) atoms. The standard InChI is InChI=1S/C19H37N5O3.C2H6O/c1-5-14(4)18(26)15(6-7-20)23-17(25)11-22-19(27)16-10-21-8-9-24(16)12-13(2)3;1-2-3/h13-16,21H,5-12,20H2,1-4H3,(H,22,27)(H,23,25);3H,2H2,1H3. The summed E-state index contributed by atoms with van der Waals surface area (Å²) in [6.07, 6.45) is 1.12. The molecule has 0 bridgehead atoms. The molecule has 0 aromatic rings. The molecule has 1 heterocycles. The lowest BCUT2D eigenvalue weighted by molar-refractivity contribution is -0.132. The van der Waals surface area contributed by atoms with E-state index in [1.165, 1.54) is 0 Å². The Morgan fingerprint density at radius 1 is 1.23 bits per heavy atom. The Balaban J connectivity index is 0.00000263. The number of aliphatic hydroxyl groups excluding tert-OH is 1. The normalized spacial score (nSPS) is 18.7. The van der Waals surface area contributed by atoms with Crippen LogP contribution in [0.1, 0.15) is 47.5 Å². The van der Waals surface area contributed by atoms with Gasteiger partial charge in [-0.3, -0.25) is 19.3 Å². The average molecular weight is 430 g/mol. The van der Waals surface area contributed by atoms with Gasteiger partial charge in [-0.25, -0.2) is 0 Å². The third kappa shape index (κ3) is 11.0. The Morgan fingerprint density at radius 3 is 2.40 bits per heavy atom. The molecular weight excluding hydrogens is 386 g/mol. The predicted octanol–water partition coefficient (Wildman–Crippen LogP) is -0.520. The van der Waals surface area contributed by atoms with Crippen LogP contribution in [0.5, 0.6) is 0 Å². The van der Waals surface area contributed by atoms with Gasteiger partial charge in [0, 0.05) is 38.7 Å². The lowest BCUT2D eigenvalue weighted by Crippen LogP contribution is -2.59. The molecule has 176 valence electrons. The fourth-order valence-electron chi connectivity index (χ4n) is 3.22. The van der Waals surface area contributed by atoms with Gasteiger partial charge in [0.05, 0.1) is 12.6 Å². The Morgan fingerprint density at radius 2 is 1.87 bits per heavy atom. The van der Waals surface area contributed by atoms with Gasteiger partial charge >= 0.3 is 0 Å². The molecule has 1 fully saturated rings. The molecule has 1 aliphatic rings. The molecule has 3 unspecified atom stereocenters. The number of carbonyl (C=O) groups excluding carboxylic acids is 3. The smallest absolute Gasteiger partial charge is 0.239 e. The van der Waals surface area contributed by atoms with Crippen molar-refractivity contribution < 1.29 is 19.5 Å². The maximum Gasteiger partial charge on any atom is 0.239 e. The first-order chi connectivity index (χ1) is 14.2. The van der Waals surface area contributed by atoms with E-state index in [-0.39, 0.29) is 42.7 Å². The van der Waals surface area contributed by atoms with E-state index in [4.69, 9.17) is 10.8 Å². The van der Waals surface area contributed by atoms with Crippen LogP contribution in [0.25, 0.3) is 0 Å². The van der Waals surface area contributed by atoms with Gasteiger partial charge in [0.15, 0.2) is 5.78 Å². The largest absolute Gasteiger partial charge is 0.397 e. The van der Waals surface area contributed by atoms with Crippen LogP contribution >= 0.6 is 0 Å². The number of hydrogen-bond acceptors (Lipinski definition) is 7. The van der Waals surface area contributed by atoms with E-state index in [0.29, 0.717) is 31.8 Å². The third-order valence-corrected chi connectivity index (χ3v) is 4.91. The van der Waals surface area contributed by atoms with Crippen LogP contribution in [0.15, 0.2) is 0 Å². The molecule has 0 aliphatic carbocycles. The van der Waals surface area contributed by atoms with Crippen molar-refractivity contribution in [2.75, 3.05) is 45.9 Å². The highest BCUT2D eigenvalue weighted by molar-refractivity contribution is 5.92.